The average Bonchev–Trinajstić information content (AvgIpc) is 2.73. The highest BCUT2D eigenvalue weighted by atomic mass is 19.4. The van der Waals surface area contributed by atoms with Crippen LogP contribution in [0.5, 0.6) is 0 Å². The summed E-state index contributed by atoms with van der Waals surface area (Å²) in [4.78, 5) is 34.9. The molecule has 2 radical (unpaired) electrons. The van der Waals surface area contributed by atoms with Crippen molar-refractivity contribution in [1.29, 1.82) is 0 Å². The van der Waals surface area contributed by atoms with Gasteiger partial charge in [-0.3, -0.25) is 4.79 Å². The van der Waals surface area contributed by atoms with Crippen LogP contribution in [-0.2, 0) is 16.1 Å². The number of carbonyl (C=O) groups excluding carboxylic acids is 2. The zero-order valence-electron chi connectivity index (χ0n) is 16.4. The number of hydrogen-bond acceptors (Lipinski definition) is 5. The van der Waals surface area contributed by atoms with Gasteiger partial charge in [0.05, 0.1) is 6.67 Å². The number of amidine groups is 1. The van der Waals surface area contributed by atoms with E-state index in [9.17, 15) is 22.8 Å². The Balaban J connectivity index is 0.000000633. The van der Waals surface area contributed by atoms with Gasteiger partial charge in [-0.05, 0) is 29.8 Å². The third-order valence-corrected chi connectivity index (χ3v) is 3.40. The van der Waals surface area contributed by atoms with Gasteiger partial charge in [-0.1, -0.05) is 30.3 Å². The minimum Gasteiger partial charge on any atom is -0.475 e. The Labute approximate surface area is 181 Å². The monoisotopic (exact) mass is 450 g/mol. The van der Waals surface area contributed by atoms with Crippen LogP contribution in [0.3, 0.4) is 0 Å². The molecule has 2 aromatic carbocycles. The van der Waals surface area contributed by atoms with Crippen molar-refractivity contribution in [2.75, 3.05) is 12.0 Å². The van der Waals surface area contributed by atoms with Crippen molar-refractivity contribution in [3.05, 3.63) is 65.7 Å². The number of halogens is 3. The van der Waals surface area contributed by atoms with Gasteiger partial charge in [0.2, 0.25) is 7.85 Å². The summed E-state index contributed by atoms with van der Waals surface area (Å²) in [6.07, 6.45) is -5.84. The lowest BCUT2D eigenvalue weighted by Crippen LogP contribution is -2.27. The van der Waals surface area contributed by atoms with E-state index in [0.29, 0.717) is 5.56 Å². The zero-order valence-corrected chi connectivity index (χ0v) is 16.4. The molecule has 13 heteroatoms. The molecule has 2 aromatic rings. The third-order valence-electron chi connectivity index (χ3n) is 3.40. The van der Waals surface area contributed by atoms with Crippen molar-refractivity contribution in [3.8, 4) is 0 Å². The van der Waals surface area contributed by atoms with E-state index in [-0.39, 0.29) is 19.1 Å². The predicted molar refractivity (Wildman–Crippen MR) is 110 cm³/mol. The Kier molecular flexibility index (Phi) is 10.3. The van der Waals surface area contributed by atoms with Crippen LogP contribution in [-0.4, -0.2) is 49.5 Å². The summed E-state index contributed by atoms with van der Waals surface area (Å²) < 4.78 is 36.8. The van der Waals surface area contributed by atoms with Crippen LogP contribution in [0.2, 0.25) is 0 Å². The maximum absolute atomic E-state index is 11.7. The highest BCUT2D eigenvalue weighted by Gasteiger charge is 2.38. The van der Waals surface area contributed by atoms with Crippen LogP contribution in [0, 0.1) is 0 Å². The first-order chi connectivity index (χ1) is 15.0. The number of rotatable bonds is 6. The van der Waals surface area contributed by atoms with Gasteiger partial charge < -0.3 is 26.2 Å². The molecule has 0 saturated heterocycles. The van der Waals surface area contributed by atoms with Gasteiger partial charge in [-0.25, -0.2) is 9.59 Å². The maximum Gasteiger partial charge on any atom is 0.490 e. The van der Waals surface area contributed by atoms with Crippen molar-refractivity contribution in [1.82, 2.24) is 5.32 Å². The molecule has 2 amide bonds. The first-order valence-corrected chi connectivity index (χ1v) is 8.71. The standard InChI is InChI=1S/C17H17BN4O3.C2HF3O2/c18-16(23)21-11-20-14-8-6-13(7-9-14)15(19)22-17(24)25-10-12-4-2-1-3-5-12;3-2(4,5)1(6)7/h1-9,20H,10-11H2,(H,21,23)(H2,19,22,24);(H,6,7). The van der Waals surface area contributed by atoms with Gasteiger partial charge in [0.15, 0.2) is 5.81 Å². The number of ether oxygens (including phenoxy) is 1. The van der Waals surface area contributed by atoms with Crippen LogP contribution in [0.15, 0.2) is 59.6 Å². The summed E-state index contributed by atoms with van der Waals surface area (Å²) in [6, 6.07) is 16.1. The minimum absolute atomic E-state index is 0.0554. The van der Waals surface area contributed by atoms with Gasteiger partial charge in [-0.2, -0.15) is 18.2 Å². The number of hydrogen-bond donors (Lipinski definition) is 4. The van der Waals surface area contributed by atoms with E-state index in [0.717, 1.165) is 11.3 Å². The van der Waals surface area contributed by atoms with Crippen LogP contribution in [0.4, 0.5) is 28.4 Å². The lowest BCUT2D eigenvalue weighted by Gasteiger charge is -2.08. The van der Waals surface area contributed by atoms with Crippen molar-refractivity contribution in [2.24, 2.45) is 10.7 Å². The molecule has 0 fully saturated rings. The summed E-state index contributed by atoms with van der Waals surface area (Å²) in [7, 11) is 4.96. The molecule has 0 saturated carbocycles. The van der Waals surface area contributed by atoms with E-state index in [1.807, 2.05) is 30.3 Å². The second-order valence-electron chi connectivity index (χ2n) is 5.81. The molecule has 0 bridgehead atoms. The molecule has 0 aliphatic rings. The number of benzene rings is 2. The number of carbonyl (C=O) groups is 3. The summed E-state index contributed by atoms with van der Waals surface area (Å²) in [5.74, 6) is -3.32. The molecule has 0 heterocycles. The summed E-state index contributed by atoms with van der Waals surface area (Å²) in [6.45, 7) is 0.330. The highest BCUT2D eigenvalue weighted by Crippen LogP contribution is 2.13. The number of carboxylic acid groups (broad SMARTS) is 1. The molecule has 0 aliphatic carbocycles. The van der Waals surface area contributed by atoms with Crippen molar-refractivity contribution in [2.45, 2.75) is 12.8 Å². The van der Waals surface area contributed by atoms with Crippen molar-refractivity contribution < 1.29 is 37.4 Å². The first kappa shape index (κ1) is 26.0. The average molecular weight is 450 g/mol. The summed E-state index contributed by atoms with van der Waals surface area (Å²) in [5, 5.41) is 12.5. The second kappa shape index (κ2) is 12.6. The van der Waals surface area contributed by atoms with Crippen molar-refractivity contribution >= 4 is 37.2 Å². The molecule has 0 spiro atoms. The molecular formula is C19H18BF3N4O5. The Morgan fingerprint density at radius 1 is 1.06 bits per heavy atom. The molecule has 0 unspecified atom stereocenters. The molecule has 2 rings (SSSR count). The van der Waals surface area contributed by atoms with Crippen LogP contribution in [0.25, 0.3) is 0 Å². The Bertz CT molecular complexity index is 938. The third kappa shape index (κ3) is 10.7. The largest absolute Gasteiger partial charge is 0.490 e. The Morgan fingerprint density at radius 2 is 1.62 bits per heavy atom. The number of nitrogens with zero attached hydrogens (tertiary/aromatic N) is 1. The van der Waals surface area contributed by atoms with Crippen LogP contribution >= 0.6 is 0 Å². The SMILES string of the molecule is O=C(O)C(F)(F)F.[B]C(=O)NCNc1ccc(C(N)=NC(=O)OCc2ccccc2)cc1. The Hall–Kier alpha value is -4.03. The molecule has 32 heavy (non-hydrogen) atoms. The van der Waals surface area contributed by atoms with Gasteiger partial charge >= 0.3 is 18.2 Å². The van der Waals surface area contributed by atoms with E-state index < -0.39 is 24.0 Å². The number of nitrogens with one attached hydrogen (secondary N) is 2. The molecule has 0 aliphatic heterocycles. The lowest BCUT2D eigenvalue weighted by atomic mass is 10.1. The lowest BCUT2D eigenvalue weighted by molar-refractivity contribution is -0.192. The molecular weight excluding hydrogens is 432 g/mol. The van der Waals surface area contributed by atoms with Crippen LogP contribution < -0.4 is 16.4 Å². The smallest absolute Gasteiger partial charge is 0.475 e. The number of aliphatic imine (C=N–C) groups is 1. The van der Waals surface area contributed by atoms with Crippen molar-refractivity contribution in [3.63, 3.8) is 0 Å². The molecule has 0 atom stereocenters. The number of anilines is 1. The minimum atomic E-state index is -5.08. The summed E-state index contributed by atoms with van der Waals surface area (Å²) in [5.41, 5.74) is 8.00. The number of aliphatic carboxylic acids is 1. The predicted octanol–water partition coefficient (Wildman–Crippen LogP) is 2.61. The maximum atomic E-state index is 11.7. The van der Waals surface area contributed by atoms with E-state index >= 15 is 0 Å². The number of carboxylic acids is 1. The van der Waals surface area contributed by atoms with Gasteiger partial charge in [0, 0.05) is 11.3 Å². The van der Waals surface area contributed by atoms with Gasteiger partial charge in [0.1, 0.15) is 12.4 Å². The zero-order chi connectivity index (χ0) is 24.1. The molecule has 0 aromatic heterocycles. The normalized spacial score (nSPS) is 10.9. The van der Waals surface area contributed by atoms with E-state index in [1.165, 1.54) is 0 Å². The van der Waals surface area contributed by atoms with Crippen LogP contribution in [0.1, 0.15) is 11.1 Å². The van der Waals surface area contributed by atoms with Gasteiger partial charge in [0.25, 0.3) is 0 Å². The second-order valence-corrected chi connectivity index (χ2v) is 5.81. The van der Waals surface area contributed by atoms with Gasteiger partial charge in [-0.15, -0.1) is 0 Å². The highest BCUT2D eigenvalue weighted by molar-refractivity contribution is 6.57. The van der Waals surface area contributed by atoms with E-state index in [4.69, 9.17) is 28.2 Å². The molecule has 9 nitrogen and oxygen atoms in total. The van der Waals surface area contributed by atoms with E-state index in [1.54, 1.807) is 24.3 Å². The summed E-state index contributed by atoms with van der Waals surface area (Å²) >= 11 is 0. The topological polar surface area (TPSA) is 143 Å². The molecule has 168 valence electrons. The van der Waals surface area contributed by atoms with E-state index in [2.05, 4.69) is 15.6 Å². The number of nitrogens with two attached hydrogens (primary N) is 1. The first-order valence-electron chi connectivity index (χ1n) is 8.71. The quantitative estimate of drug-likeness (QED) is 0.229. The fraction of sp³-hybridized carbons (Fsp3) is 0.158. The number of amides is 2. The fourth-order valence-electron chi connectivity index (χ4n) is 1.91. The molecule has 5 N–H and O–H groups in total. The Morgan fingerprint density at radius 3 is 2.12 bits per heavy atom. The number of alkyl halides is 3. The fourth-order valence-corrected chi connectivity index (χ4v) is 1.91.